The van der Waals surface area contributed by atoms with Crippen LogP contribution in [0.25, 0.3) is 22.6 Å². The molecule has 4 nitrogen and oxygen atoms in total. The molecule has 0 radical (unpaired) electrons. The molecular formula is C12H8Cl2N4. The number of fused-ring (bicyclic) bond motifs is 1. The summed E-state index contributed by atoms with van der Waals surface area (Å²) in [6.45, 7) is 1.77. The zero-order valence-corrected chi connectivity index (χ0v) is 10.9. The first kappa shape index (κ1) is 11.4. The molecule has 3 aromatic rings. The fourth-order valence-corrected chi connectivity index (χ4v) is 2.23. The molecule has 0 saturated heterocycles. The van der Waals surface area contributed by atoms with Gasteiger partial charge in [0.2, 0.25) is 0 Å². The molecule has 2 heterocycles. The van der Waals surface area contributed by atoms with Crippen LogP contribution >= 0.6 is 23.2 Å². The molecule has 90 valence electrons. The van der Waals surface area contributed by atoms with E-state index in [9.17, 15) is 0 Å². The molecule has 6 heteroatoms. The number of benzene rings is 1. The van der Waals surface area contributed by atoms with Crippen LogP contribution in [-0.4, -0.2) is 19.9 Å². The van der Waals surface area contributed by atoms with Gasteiger partial charge < -0.3 is 4.98 Å². The van der Waals surface area contributed by atoms with Gasteiger partial charge in [-0.2, -0.15) is 0 Å². The van der Waals surface area contributed by atoms with E-state index in [0.717, 1.165) is 5.56 Å². The molecule has 0 spiro atoms. The number of aryl methyl sites for hydroxylation is 1. The van der Waals surface area contributed by atoms with Crippen molar-refractivity contribution in [3.05, 3.63) is 40.3 Å². The summed E-state index contributed by atoms with van der Waals surface area (Å²) in [5.74, 6) is 1.22. The summed E-state index contributed by atoms with van der Waals surface area (Å²) >= 11 is 12.2. The van der Waals surface area contributed by atoms with Gasteiger partial charge in [-0.15, -0.1) is 0 Å². The minimum absolute atomic E-state index is 0.364. The molecule has 0 fully saturated rings. The van der Waals surface area contributed by atoms with E-state index < -0.39 is 0 Å². The summed E-state index contributed by atoms with van der Waals surface area (Å²) in [7, 11) is 0. The molecule has 0 amide bonds. The maximum Gasteiger partial charge on any atom is 0.183 e. The molecule has 0 aliphatic heterocycles. The van der Waals surface area contributed by atoms with Gasteiger partial charge in [-0.05, 0) is 19.1 Å². The van der Waals surface area contributed by atoms with Crippen molar-refractivity contribution in [3.63, 3.8) is 0 Å². The quantitative estimate of drug-likeness (QED) is 0.692. The van der Waals surface area contributed by atoms with Gasteiger partial charge in [0.1, 0.15) is 17.2 Å². The lowest BCUT2D eigenvalue weighted by atomic mass is 10.2. The van der Waals surface area contributed by atoms with Crippen LogP contribution in [-0.2, 0) is 0 Å². The fourth-order valence-electron chi connectivity index (χ4n) is 1.75. The van der Waals surface area contributed by atoms with Crippen LogP contribution in [0.2, 0.25) is 10.2 Å². The number of rotatable bonds is 1. The Morgan fingerprint density at radius 3 is 2.61 bits per heavy atom. The summed E-state index contributed by atoms with van der Waals surface area (Å²) in [6.07, 6.45) is 0. The Morgan fingerprint density at radius 2 is 1.83 bits per heavy atom. The number of hydrogen-bond donors (Lipinski definition) is 1. The van der Waals surface area contributed by atoms with E-state index in [1.165, 1.54) is 0 Å². The number of aromatic nitrogens is 4. The van der Waals surface area contributed by atoms with Crippen molar-refractivity contribution >= 4 is 34.4 Å². The molecule has 0 aliphatic rings. The minimum atomic E-state index is 0.364. The number of H-pyrrole nitrogens is 1. The van der Waals surface area contributed by atoms with Gasteiger partial charge >= 0.3 is 0 Å². The monoisotopic (exact) mass is 278 g/mol. The van der Waals surface area contributed by atoms with Crippen molar-refractivity contribution in [1.29, 1.82) is 0 Å². The molecule has 0 aliphatic carbocycles. The third-order valence-corrected chi connectivity index (χ3v) is 3.15. The Morgan fingerprint density at radius 1 is 1.06 bits per heavy atom. The van der Waals surface area contributed by atoms with Gasteiger partial charge in [-0.1, -0.05) is 35.3 Å². The summed E-state index contributed by atoms with van der Waals surface area (Å²) in [6, 6.07) is 7.45. The number of nitrogens with zero attached hydrogens (tertiary/aromatic N) is 3. The topological polar surface area (TPSA) is 54.5 Å². The van der Waals surface area contributed by atoms with Crippen molar-refractivity contribution < 1.29 is 0 Å². The van der Waals surface area contributed by atoms with Crippen molar-refractivity contribution in [2.45, 2.75) is 6.92 Å². The van der Waals surface area contributed by atoms with Crippen LogP contribution < -0.4 is 0 Å². The molecule has 3 rings (SSSR count). The Labute approximate surface area is 113 Å². The van der Waals surface area contributed by atoms with Crippen molar-refractivity contribution in [1.82, 2.24) is 19.9 Å². The SMILES string of the molecule is Cc1nc(Cl)c2[nH]c(-c3ccccc3Cl)nc2n1. The first-order valence-electron chi connectivity index (χ1n) is 5.30. The predicted molar refractivity (Wildman–Crippen MR) is 71.9 cm³/mol. The predicted octanol–water partition coefficient (Wildman–Crippen LogP) is 3.64. The summed E-state index contributed by atoms with van der Waals surface area (Å²) in [5, 5.41) is 0.987. The van der Waals surface area contributed by atoms with E-state index in [-0.39, 0.29) is 0 Å². The van der Waals surface area contributed by atoms with Gasteiger partial charge in [0, 0.05) is 5.56 Å². The van der Waals surface area contributed by atoms with Gasteiger partial charge in [-0.3, -0.25) is 0 Å². The van der Waals surface area contributed by atoms with E-state index in [2.05, 4.69) is 19.9 Å². The zero-order chi connectivity index (χ0) is 12.7. The lowest BCUT2D eigenvalue weighted by Crippen LogP contribution is -1.88. The zero-order valence-electron chi connectivity index (χ0n) is 9.41. The van der Waals surface area contributed by atoms with Crippen LogP contribution in [0.4, 0.5) is 0 Å². The molecule has 0 saturated carbocycles. The molecule has 0 bridgehead atoms. The largest absolute Gasteiger partial charge is 0.334 e. The molecule has 0 unspecified atom stereocenters. The number of aromatic amines is 1. The second-order valence-electron chi connectivity index (χ2n) is 3.83. The number of halogens is 2. The smallest absolute Gasteiger partial charge is 0.183 e. The van der Waals surface area contributed by atoms with Crippen LogP contribution in [0.15, 0.2) is 24.3 Å². The van der Waals surface area contributed by atoms with Gasteiger partial charge in [0.25, 0.3) is 0 Å². The lowest BCUT2D eigenvalue weighted by Gasteiger charge is -1.98. The number of hydrogen-bond acceptors (Lipinski definition) is 3. The van der Waals surface area contributed by atoms with Crippen LogP contribution in [0, 0.1) is 6.92 Å². The van der Waals surface area contributed by atoms with Gasteiger partial charge in [-0.25, -0.2) is 15.0 Å². The highest BCUT2D eigenvalue weighted by molar-refractivity contribution is 6.34. The Kier molecular flexibility index (Phi) is 2.69. The van der Waals surface area contributed by atoms with Gasteiger partial charge in [0.15, 0.2) is 10.8 Å². The number of nitrogens with one attached hydrogen (secondary N) is 1. The third-order valence-electron chi connectivity index (χ3n) is 2.55. The fraction of sp³-hybridized carbons (Fsp3) is 0.0833. The Bertz CT molecular complexity index is 736. The summed E-state index contributed by atoms with van der Waals surface area (Å²) < 4.78 is 0. The van der Waals surface area contributed by atoms with E-state index in [0.29, 0.717) is 33.0 Å². The maximum atomic E-state index is 6.13. The van der Waals surface area contributed by atoms with Gasteiger partial charge in [0.05, 0.1) is 5.02 Å². The average molecular weight is 279 g/mol. The molecule has 2 aromatic heterocycles. The van der Waals surface area contributed by atoms with Crippen LogP contribution in [0.5, 0.6) is 0 Å². The Hall–Kier alpha value is -1.65. The molecule has 0 atom stereocenters. The summed E-state index contributed by atoms with van der Waals surface area (Å²) in [5.41, 5.74) is 1.98. The highest BCUT2D eigenvalue weighted by Crippen LogP contribution is 2.28. The highest BCUT2D eigenvalue weighted by Gasteiger charge is 2.12. The standard InChI is InChI=1S/C12H8Cl2N4/c1-6-15-10(14)9-12(16-6)18-11(17-9)7-4-2-3-5-8(7)13/h2-5H,1H3,(H,15,16,17,18). The molecule has 1 aromatic carbocycles. The number of imidazole rings is 1. The van der Waals surface area contributed by atoms with E-state index in [4.69, 9.17) is 23.2 Å². The summed E-state index contributed by atoms with van der Waals surface area (Å²) in [4.78, 5) is 15.8. The lowest BCUT2D eigenvalue weighted by molar-refractivity contribution is 1.08. The minimum Gasteiger partial charge on any atom is -0.334 e. The first-order chi connectivity index (χ1) is 8.65. The van der Waals surface area contributed by atoms with Crippen molar-refractivity contribution in [3.8, 4) is 11.4 Å². The molecular weight excluding hydrogens is 271 g/mol. The third kappa shape index (κ3) is 1.83. The van der Waals surface area contributed by atoms with E-state index in [1.807, 2.05) is 24.3 Å². The molecule has 18 heavy (non-hydrogen) atoms. The Balaban J connectivity index is 2.26. The van der Waals surface area contributed by atoms with Crippen LogP contribution in [0.1, 0.15) is 5.82 Å². The van der Waals surface area contributed by atoms with Crippen LogP contribution in [0.3, 0.4) is 0 Å². The normalized spacial score (nSPS) is 11.1. The van der Waals surface area contributed by atoms with E-state index in [1.54, 1.807) is 6.92 Å². The van der Waals surface area contributed by atoms with E-state index >= 15 is 0 Å². The second-order valence-corrected chi connectivity index (χ2v) is 4.59. The molecule has 1 N–H and O–H groups in total. The highest BCUT2D eigenvalue weighted by atomic mass is 35.5. The second kappa shape index (κ2) is 4.23. The average Bonchev–Trinajstić information content (AvgIpc) is 2.73. The maximum absolute atomic E-state index is 6.13. The first-order valence-corrected chi connectivity index (χ1v) is 6.05. The van der Waals surface area contributed by atoms with Crippen molar-refractivity contribution in [2.75, 3.05) is 0 Å². The van der Waals surface area contributed by atoms with Crippen molar-refractivity contribution in [2.24, 2.45) is 0 Å².